The van der Waals surface area contributed by atoms with Crippen LogP contribution in [0.3, 0.4) is 0 Å². The van der Waals surface area contributed by atoms with Crippen LogP contribution in [0.25, 0.3) is 22.2 Å². The van der Waals surface area contributed by atoms with Crippen molar-refractivity contribution in [3.63, 3.8) is 0 Å². The summed E-state index contributed by atoms with van der Waals surface area (Å²) in [5.74, 6) is 1.08. The highest BCUT2D eigenvalue weighted by Crippen LogP contribution is 2.31. The lowest BCUT2D eigenvalue weighted by atomic mass is 9.89. The summed E-state index contributed by atoms with van der Waals surface area (Å²) >= 11 is 0. The van der Waals surface area contributed by atoms with Crippen molar-refractivity contribution in [3.8, 4) is 17.2 Å². The molecule has 28 heavy (non-hydrogen) atoms. The Labute approximate surface area is 167 Å². The highest BCUT2D eigenvalue weighted by molar-refractivity contribution is 7.95. The highest BCUT2D eigenvalue weighted by atomic mass is 32.2. The van der Waals surface area contributed by atoms with Gasteiger partial charge < -0.3 is 14.6 Å². The largest absolute Gasteiger partial charge is 0.356 e. The second-order valence-corrected chi connectivity index (χ2v) is 9.82. The third-order valence-corrected chi connectivity index (χ3v) is 6.21. The van der Waals surface area contributed by atoms with Gasteiger partial charge in [0.1, 0.15) is 23.7 Å². The van der Waals surface area contributed by atoms with Crippen molar-refractivity contribution in [1.82, 2.24) is 24.6 Å². The fraction of sp³-hybridized carbons (Fsp3) is 0.450. The van der Waals surface area contributed by atoms with Crippen LogP contribution in [0.15, 0.2) is 36.9 Å². The van der Waals surface area contributed by atoms with E-state index < -0.39 is 0 Å². The molecule has 0 aromatic carbocycles. The SMILES string of the molecule is C[S+](C)CCOCn1ccc2c(-c3cnn(C4(CC#N)CNC4)c3)ccnc21. The summed E-state index contributed by atoms with van der Waals surface area (Å²) in [6.45, 7) is 2.82. The van der Waals surface area contributed by atoms with Crippen LogP contribution in [-0.4, -0.2) is 57.3 Å². The third kappa shape index (κ3) is 3.53. The van der Waals surface area contributed by atoms with E-state index in [2.05, 4.69) is 40.0 Å². The maximum atomic E-state index is 9.17. The first-order valence-electron chi connectivity index (χ1n) is 9.32. The van der Waals surface area contributed by atoms with E-state index in [4.69, 9.17) is 4.74 Å². The Morgan fingerprint density at radius 3 is 2.93 bits per heavy atom. The smallest absolute Gasteiger partial charge is 0.142 e. The van der Waals surface area contributed by atoms with Gasteiger partial charge in [-0.3, -0.25) is 4.68 Å². The molecule has 0 saturated carbocycles. The van der Waals surface area contributed by atoms with Crippen LogP contribution in [0.2, 0.25) is 0 Å². The van der Waals surface area contributed by atoms with E-state index in [-0.39, 0.29) is 5.54 Å². The minimum atomic E-state index is -0.226. The molecule has 146 valence electrons. The van der Waals surface area contributed by atoms with Crippen LogP contribution in [-0.2, 0) is 27.9 Å². The van der Waals surface area contributed by atoms with E-state index in [0.717, 1.165) is 47.6 Å². The zero-order valence-electron chi connectivity index (χ0n) is 16.3. The van der Waals surface area contributed by atoms with E-state index in [1.54, 1.807) is 0 Å². The molecule has 4 rings (SSSR count). The van der Waals surface area contributed by atoms with Gasteiger partial charge in [0, 0.05) is 42.6 Å². The lowest BCUT2D eigenvalue weighted by molar-refractivity contribution is 0.0924. The Morgan fingerprint density at radius 2 is 2.21 bits per heavy atom. The zero-order valence-corrected chi connectivity index (χ0v) is 17.1. The van der Waals surface area contributed by atoms with Crippen molar-refractivity contribution in [2.45, 2.75) is 18.7 Å². The van der Waals surface area contributed by atoms with Crippen molar-refractivity contribution in [1.29, 1.82) is 5.26 Å². The van der Waals surface area contributed by atoms with Crippen LogP contribution in [0.1, 0.15) is 6.42 Å². The first-order chi connectivity index (χ1) is 13.6. The summed E-state index contributed by atoms with van der Waals surface area (Å²) < 4.78 is 9.80. The average Bonchev–Trinajstić information content (AvgIpc) is 3.29. The molecule has 0 unspecified atom stereocenters. The maximum Gasteiger partial charge on any atom is 0.142 e. The van der Waals surface area contributed by atoms with Gasteiger partial charge in [-0.25, -0.2) is 4.98 Å². The second kappa shape index (κ2) is 7.95. The van der Waals surface area contributed by atoms with Gasteiger partial charge in [0.2, 0.25) is 0 Å². The molecule has 0 bridgehead atoms. The monoisotopic (exact) mass is 397 g/mol. The fourth-order valence-electron chi connectivity index (χ4n) is 3.48. The molecular formula is C20H25N6OS+. The highest BCUT2D eigenvalue weighted by Gasteiger charge is 2.39. The van der Waals surface area contributed by atoms with Crippen LogP contribution >= 0.6 is 0 Å². The molecule has 0 spiro atoms. The van der Waals surface area contributed by atoms with Crippen molar-refractivity contribution >= 4 is 21.9 Å². The minimum absolute atomic E-state index is 0.226. The average molecular weight is 398 g/mol. The number of hydrogen-bond donors (Lipinski definition) is 1. The van der Waals surface area contributed by atoms with Crippen LogP contribution in [0.5, 0.6) is 0 Å². The van der Waals surface area contributed by atoms with Gasteiger partial charge in [0.15, 0.2) is 0 Å². The van der Waals surface area contributed by atoms with E-state index >= 15 is 0 Å². The first kappa shape index (κ1) is 19.0. The van der Waals surface area contributed by atoms with Crippen molar-refractivity contribution in [2.24, 2.45) is 0 Å². The van der Waals surface area contributed by atoms with Gasteiger partial charge >= 0.3 is 0 Å². The topological polar surface area (TPSA) is 80.7 Å². The normalized spacial score (nSPS) is 15.6. The number of aromatic nitrogens is 4. The van der Waals surface area contributed by atoms with Gasteiger partial charge in [-0.15, -0.1) is 0 Å². The third-order valence-electron chi connectivity index (χ3n) is 5.22. The summed E-state index contributed by atoms with van der Waals surface area (Å²) in [4.78, 5) is 4.56. The summed E-state index contributed by atoms with van der Waals surface area (Å²) in [6, 6.07) is 6.40. The van der Waals surface area contributed by atoms with Gasteiger partial charge in [0.05, 0.1) is 37.8 Å². The summed E-state index contributed by atoms with van der Waals surface area (Å²) in [6.07, 6.45) is 12.7. The Morgan fingerprint density at radius 1 is 1.36 bits per heavy atom. The molecule has 0 aliphatic carbocycles. The van der Waals surface area contributed by atoms with E-state index in [0.29, 0.717) is 24.0 Å². The number of ether oxygens (including phenoxy) is 1. The molecule has 0 radical (unpaired) electrons. The molecular weight excluding hydrogens is 372 g/mol. The summed E-state index contributed by atoms with van der Waals surface area (Å²) in [7, 11) is 0.394. The van der Waals surface area contributed by atoms with E-state index in [1.807, 2.05) is 40.1 Å². The predicted octanol–water partition coefficient (Wildman–Crippen LogP) is 1.96. The maximum absolute atomic E-state index is 9.17. The molecule has 1 N–H and O–H groups in total. The molecule has 3 aromatic rings. The molecule has 0 amide bonds. The predicted molar refractivity (Wildman–Crippen MR) is 112 cm³/mol. The lowest BCUT2D eigenvalue weighted by Crippen LogP contribution is -2.60. The molecule has 1 aliphatic heterocycles. The van der Waals surface area contributed by atoms with Gasteiger partial charge in [-0.2, -0.15) is 10.4 Å². The number of nitrogens with zero attached hydrogens (tertiary/aromatic N) is 5. The van der Waals surface area contributed by atoms with Gasteiger partial charge in [-0.1, -0.05) is 0 Å². The van der Waals surface area contributed by atoms with E-state index in [9.17, 15) is 5.26 Å². The second-order valence-electron chi connectivity index (χ2n) is 7.44. The Hall–Kier alpha value is -2.34. The molecule has 4 heterocycles. The molecule has 3 aromatic heterocycles. The lowest BCUT2D eigenvalue weighted by Gasteiger charge is -2.41. The number of hydrogen-bond acceptors (Lipinski definition) is 5. The number of rotatable bonds is 8. The van der Waals surface area contributed by atoms with E-state index in [1.165, 1.54) is 0 Å². The quantitative estimate of drug-likeness (QED) is 0.464. The number of pyridine rings is 1. The minimum Gasteiger partial charge on any atom is -0.356 e. The van der Waals surface area contributed by atoms with Crippen molar-refractivity contribution < 1.29 is 4.74 Å². The Kier molecular flexibility index (Phi) is 5.40. The Bertz CT molecular complexity index is 998. The van der Waals surface area contributed by atoms with Gasteiger partial charge in [0.25, 0.3) is 0 Å². The molecule has 8 heteroatoms. The Balaban J connectivity index is 1.58. The molecule has 0 atom stereocenters. The van der Waals surface area contributed by atoms with Crippen molar-refractivity contribution in [2.75, 3.05) is 38.0 Å². The summed E-state index contributed by atoms with van der Waals surface area (Å²) in [5.41, 5.74) is 2.82. The fourth-order valence-corrected chi connectivity index (χ4v) is 3.94. The van der Waals surface area contributed by atoms with Crippen LogP contribution < -0.4 is 5.32 Å². The molecule has 1 fully saturated rings. The zero-order chi connectivity index (χ0) is 19.6. The first-order valence-corrected chi connectivity index (χ1v) is 11.5. The van der Waals surface area contributed by atoms with Crippen LogP contribution in [0, 0.1) is 11.3 Å². The number of nitriles is 1. The molecule has 1 aliphatic rings. The van der Waals surface area contributed by atoms with Crippen LogP contribution in [0.4, 0.5) is 0 Å². The molecule has 7 nitrogen and oxygen atoms in total. The standard InChI is InChI=1S/C20H25N6OS/c1-28(2)10-9-27-15-25-8-4-18-17(3-7-23-19(18)25)16-11-24-26(12-16)20(5-6-21)13-22-14-20/h3-4,7-8,11-12,22H,5,9-10,13-15H2,1-2H3/q+1. The number of nitrogens with one attached hydrogen (secondary N) is 1. The van der Waals surface area contributed by atoms with Crippen molar-refractivity contribution in [3.05, 3.63) is 36.9 Å². The molecule has 1 saturated heterocycles. The van der Waals surface area contributed by atoms with Gasteiger partial charge in [-0.05, 0) is 28.6 Å². The summed E-state index contributed by atoms with van der Waals surface area (Å²) in [5, 5.41) is 18.1. The number of fused-ring (bicyclic) bond motifs is 1.